The van der Waals surface area contributed by atoms with Crippen molar-refractivity contribution in [2.75, 3.05) is 10.6 Å². The average Bonchev–Trinajstić information content (AvgIpc) is 3.11. The Bertz CT molecular complexity index is 2250. The Kier molecular flexibility index (Phi) is 7.68. The van der Waals surface area contributed by atoms with E-state index in [4.69, 9.17) is 19.9 Å². The normalized spacial score (nSPS) is 15.9. The highest BCUT2D eigenvalue weighted by atomic mass is 31.1. The molecule has 0 bridgehead atoms. The fraction of sp³-hybridized carbons (Fsp3) is 0.143. The molecule has 0 spiro atoms. The van der Waals surface area contributed by atoms with E-state index in [9.17, 15) is 0 Å². The first-order valence-electron chi connectivity index (χ1n) is 17.1. The maximum atomic E-state index is 4.84. The molecule has 0 fully saturated rings. The Morgan fingerprint density at radius 3 is 1.06 bits per heavy atom. The summed E-state index contributed by atoms with van der Waals surface area (Å²) in [5, 5.41) is 17.8. The van der Waals surface area contributed by atoms with E-state index in [0.717, 1.165) is 66.4 Å². The smallest absolute Gasteiger partial charge is 0.0723 e. The van der Waals surface area contributed by atoms with Gasteiger partial charge >= 0.3 is 0 Å². The predicted molar refractivity (Wildman–Crippen MR) is 216 cm³/mol. The third-order valence-electron chi connectivity index (χ3n) is 9.49. The van der Waals surface area contributed by atoms with Crippen LogP contribution in [0.3, 0.4) is 0 Å². The number of nitrogens with zero attached hydrogens (tertiary/aromatic N) is 4. The van der Waals surface area contributed by atoms with E-state index in [2.05, 4.69) is 111 Å². The highest BCUT2D eigenvalue weighted by molar-refractivity contribution is 7.74. The molecule has 8 heteroatoms. The number of hydrogen-bond acceptors (Lipinski definition) is 6. The molecule has 2 unspecified atom stereocenters. The molecule has 1 aliphatic heterocycles. The highest BCUT2D eigenvalue weighted by Gasteiger charge is 2.30. The van der Waals surface area contributed by atoms with Crippen LogP contribution in [0.4, 0.5) is 22.7 Å². The van der Waals surface area contributed by atoms with Crippen LogP contribution in [0.1, 0.15) is 27.7 Å². The van der Waals surface area contributed by atoms with Crippen molar-refractivity contribution in [1.29, 1.82) is 0 Å². The topological polar surface area (TPSA) is 75.6 Å². The quantitative estimate of drug-likeness (QED) is 0.177. The molecule has 0 radical (unpaired) electrons. The second kappa shape index (κ2) is 12.4. The zero-order chi connectivity index (χ0) is 33.9. The highest BCUT2D eigenvalue weighted by Crippen LogP contribution is 2.49. The standard InChI is InChI=1S/C42H36N6P2/c1-25(2)49-39-19-29-11-7-13-43-31(29)21-37(39)48-38-22-32-30(12-8-14-44-32)20-40(38)50(26(3)4)42-24-34-28(10-6-16-46-34)18-36(42)47-35-17-27-9-5-15-45-33(27)23-41(35)49/h5-26,47-48H,1-4H3. The van der Waals surface area contributed by atoms with Crippen LogP contribution in [0.2, 0.25) is 0 Å². The number of hydrogen-bond donors (Lipinski definition) is 2. The van der Waals surface area contributed by atoms with Crippen LogP contribution < -0.4 is 31.9 Å². The van der Waals surface area contributed by atoms with Gasteiger partial charge in [-0.2, -0.15) is 0 Å². The van der Waals surface area contributed by atoms with Crippen molar-refractivity contribution in [1.82, 2.24) is 19.9 Å². The van der Waals surface area contributed by atoms with E-state index in [1.165, 1.54) is 21.2 Å². The summed E-state index contributed by atoms with van der Waals surface area (Å²) in [6, 6.07) is 35.3. The van der Waals surface area contributed by atoms with Crippen LogP contribution in [0.25, 0.3) is 43.6 Å². The van der Waals surface area contributed by atoms with Crippen molar-refractivity contribution in [2.45, 2.75) is 39.0 Å². The maximum absolute atomic E-state index is 4.84. The van der Waals surface area contributed by atoms with Gasteiger partial charge in [-0.15, -0.1) is 0 Å². The summed E-state index contributed by atoms with van der Waals surface area (Å²) in [5.41, 5.74) is 9.00. The number of anilines is 4. The van der Waals surface area contributed by atoms with E-state index < -0.39 is 15.8 Å². The second-order valence-corrected chi connectivity index (χ2v) is 18.9. The molecule has 4 aromatic heterocycles. The van der Waals surface area contributed by atoms with Gasteiger partial charge in [0.25, 0.3) is 0 Å². The number of benzene rings is 4. The Morgan fingerprint density at radius 1 is 0.400 bits per heavy atom. The van der Waals surface area contributed by atoms with Crippen molar-refractivity contribution >= 4 is 103 Å². The fourth-order valence-electron chi connectivity index (χ4n) is 7.30. The molecule has 8 aromatic rings. The summed E-state index contributed by atoms with van der Waals surface area (Å²) in [6.07, 6.45) is 7.54. The molecule has 4 aromatic carbocycles. The van der Waals surface area contributed by atoms with Crippen LogP contribution in [0.5, 0.6) is 0 Å². The Morgan fingerprint density at radius 2 is 0.700 bits per heavy atom. The second-order valence-electron chi connectivity index (χ2n) is 13.4. The molecule has 0 saturated heterocycles. The van der Waals surface area contributed by atoms with E-state index in [0.29, 0.717) is 11.3 Å². The first-order valence-corrected chi connectivity index (χ1v) is 19.9. The van der Waals surface area contributed by atoms with E-state index in [1.54, 1.807) is 0 Å². The summed E-state index contributed by atoms with van der Waals surface area (Å²) >= 11 is 0. The molecule has 50 heavy (non-hydrogen) atoms. The summed E-state index contributed by atoms with van der Waals surface area (Å²) in [6.45, 7) is 9.38. The van der Waals surface area contributed by atoms with Gasteiger partial charge < -0.3 is 10.6 Å². The largest absolute Gasteiger partial charge is 0.354 e. The molecule has 1 aliphatic rings. The third-order valence-corrected chi connectivity index (χ3v) is 15.1. The monoisotopic (exact) mass is 686 g/mol. The van der Waals surface area contributed by atoms with Crippen LogP contribution >= 0.6 is 15.8 Å². The third kappa shape index (κ3) is 5.35. The zero-order valence-corrected chi connectivity index (χ0v) is 30.2. The molecule has 0 aliphatic carbocycles. The summed E-state index contributed by atoms with van der Waals surface area (Å²) in [7, 11) is -1.78. The molecule has 6 nitrogen and oxygen atoms in total. The Labute approximate surface area is 293 Å². The predicted octanol–water partition coefficient (Wildman–Crippen LogP) is 9.36. The lowest BCUT2D eigenvalue weighted by Gasteiger charge is -2.32. The van der Waals surface area contributed by atoms with Crippen LogP contribution in [0.15, 0.2) is 122 Å². The SMILES string of the molecule is CC(C)P1c2cc3cccnc3cc2Nc2cc3ncccc3cc2P(C(C)C)c2cc3ncccc3cc2Nc2cc3cccnc3cc21. The molecule has 2 atom stereocenters. The Balaban J connectivity index is 1.43. The Hall–Kier alpha value is -5.02. The van der Waals surface area contributed by atoms with Crippen LogP contribution in [-0.4, -0.2) is 31.3 Å². The van der Waals surface area contributed by atoms with Crippen LogP contribution in [0, 0.1) is 0 Å². The molecule has 0 saturated carbocycles. The lowest BCUT2D eigenvalue weighted by atomic mass is 10.1. The number of rotatable bonds is 2. The number of pyridine rings is 4. The lowest BCUT2D eigenvalue weighted by molar-refractivity contribution is 1.10. The van der Waals surface area contributed by atoms with Gasteiger partial charge in [-0.3, -0.25) is 19.9 Å². The van der Waals surface area contributed by atoms with E-state index >= 15 is 0 Å². The number of fused-ring (bicyclic) bond motifs is 8. The number of nitrogens with one attached hydrogen (secondary N) is 2. The van der Waals surface area contributed by atoms with E-state index in [-0.39, 0.29) is 0 Å². The van der Waals surface area contributed by atoms with Crippen molar-refractivity contribution < 1.29 is 0 Å². The van der Waals surface area contributed by atoms with Gasteiger partial charge in [-0.1, -0.05) is 52.0 Å². The van der Waals surface area contributed by atoms with Crippen molar-refractivity contribution in [3.8, 4) is 0 Å². The van der Waals surface area contributed by atoms with Crippen LogP contribution in [-0.2, 0) is 0 Å². The van der Waals surface area contributed by atoms with Gasteiger partial charge in [0.1, 0.15) is 0 Å². The lowest BCUT2D eigenvalue weighted by Crippen LogP contribution is -2.27. The first-order chi connectivity index (χ1) is 24.4. The van der Waals surface area contributed by atoms with Gasteiger partial charge in [0.05, 0.1) is 22.1 Å². The zero-order valence-electron chi connectivity index (χ0n) is 28.4. The van der Waals surface area contributed by atoms with Crippen molar-refractivity contribution in [3.05, 3.63) is 122 Å². The fourth-order valence-corrected chi connectivity index (χ4v) is 12.6. The molecule has 5 heterocycles. The van der Waals surface area contributed by atoms with Gasteiger partial charge in [0.15, 0.2) is 0 Å². The minimum Gasteiger partial charge on any atom is -0.354 e. The van der Waals surface area contributed by atoms with Gasteiger partial charge in [0, 0.05) is 90.3 Å². The molecular formula is C42H36N6P2. The van der Waals surface area contributed by atoms with Gasteiger partial charge in [-0.05, 0) is 100.0 Å². The molecule has 0 amide bonds. The van der Waals surface area contributed by atoms with Gasteiger partial charge in [0.2, 0.25) is 0 Å². The minimum absolute atomic E-state index is 0.329. The number of aromatic nitrogens is 4. The maximum Gasteiger partial charge on any atom is 0.0723 e. The summed E-state index contributed by atoms with van der Waals surface area (Å²) < 4.78 is 0. The van der Waals surface area contributed by atoms with Crippen molar-refractivity contribution in [2.24, 2.45) is 0 Å². The minimum atomic E-state index is -0.889. The van der Waals surface area contributed by atoms with Gasteiger partial charge in [-0.25, -0.2) is 0 Å². The summed E-state index contributed by atoms with van der Waals surface area (Å²) in [4.78, 5) is 19.3. The molecule has 9 rings (SSSR count). The molecule has 244 valence electrons. The first kappa shape index (κ1) is 31.0. The van der Waals surface area contributed by atoms with E-state index in [1.807, 2.05) is 49.1 Å². The average molecular weight is 687 g/mol. The van der Waals surface area contributed by atoms with Crippen molar-refractivity contribution in [3.63, 3.8) is 0 Å². The molecular weight excluding hydrogens is 650 g/mol. The summed E-state index contributed by atoms with van der Waals surface area (Å²) in [5.74, 6) is 0. The molecule has 2 N–H and O–H groups in total.